The number of pyridine rings is 1. The molecule has 7 heteroatoms. The Morgan fingerprint density at radius 3 is 2.74 bits per heavy atom. The van der Waals surface area contributed by atoms with Gasteiger partial charge in [0.1, 0.15) is 5.76 Å². The van der Waals surface area contributed by atoms with E-state index in [-0.39, 0.29) is 5.09 Å². The molecular weight excluding hydrogens is 266 g/mol. The number of nitrogens with zero attached hydrogens (tertiary/aromatic N) is 1. The number of nitrogens with one attached hydrogen (secondary N) is 1. The van der Waals surface area contributed by atoms with E-state index in [0.29, 0.717) is 12.3 Å². The lowest BCUT2D eigenvalue weighted by atomic mass is 10.3. The van der Waals surface area contributed by atoms with Crippen LogP contribution >= 0.6 is 0 Å². The Balaban J connectivity index is 1.79. The van der Waals surface area contributed by atoms with Gasteiger partial charge in [-0.1, -0.05) is 6.07 Å². The van der Waals surface area contributed by atoms with Gasteiger partial charge in [-0.15, -0.1) is 0 Å². The van der Waals surface area contributed by atoms with Crippen molar-refractivity contribution < 1.29 is 12.8 Å². The number of furan rings is 1. The molecule has 2 heterocycles. The van der Waals surface area contributed by atoms with Crippen LogP contribution in [0.1, 0.15) is 11.5 Å². The number of sulfonamides is 1. The minimum absolute atomic E-state index is 0.214. The summed E-state index contributed by atoms with van der Waals surface area (Å²) in [4.78, 5) is 4.20. The van der Waals surface area contributed by atoms with Gasteiger partial charge in [-0.2, -0.15) is 0 Å². The average Bonchev–Trinajstić information content (AvgIpc) is 2.85. The Labute approximate surface area is 111 Å². The molecule has 0 saturated heterocycles. The van der Waals surface area contributed by atoms with Crippen LogP contribution in [0, 0.1) is 0 Å². The Morgan fingerprint density at radius 1 is 1.26 bits per heavy atom. The first-order valence-corrected chi connectivity index (χ1v) is 7.32. The zero-order chi connectivity index (χ0) is 13.7. The molecule has 0 bridgehead atoms. The van der Waals surface area contributed by atoms with E-state index in [1.165, 1.54) is 6.07 Å². The lowest BCUT2D eigenvalue weighted by Crippen LogP contribution is -2.16. The topological polar surface area (TPSA) is 98.2 Å². The molecule has 0 aliphatic heterocycles. The molecule has 6 nitrogen and oxygen atoms in total. The number of aromatic nitrogens is 1. The molecule has 2 rings (SSSR count). The lowest BCUT2D eigenvalue weighted by Gasteiger charge is -2.02. The van der Waals surface area contributed by atoms with Crippen LogP contribution in [-0.4, -0.2) is 19.9 Å². The normalized spacial score (nSPS) is 11.6. The van der Waals surface area contributed by atoms with Gasteiger partial charge < -0.3 is 9.73 Å². The van der Waals surface area contributed by atoms with Gasteiger partial charge in [-0.05, 0) is 24.3 Å². The highest BCUT2D eigenvalue weighted by Crippen LogP contribution is 2.11. The van der Waals surface area contributed by atoms with E-state index in [4.69, 9.17) is 9.56 Å². The monoisotopic (exact) mass is 281 g/mol. The van der Waals surface area contributed by atoms with Crippen LogP contribution in [0.3, 0.4) is 0 Å². The number of nitrogens with two attached hydrogens (primary N) is 1. The van der Waals surface area contributed by atoms with E-state index in [9.17, 15) is 8.42 Å². The Bertz CT molecular complexity index is 623. The highest BCUT2D eigenvalue weighted by Gasteiger charge is 2.12. The van der Waals surface area contributed by atoms with Gasteiger partial charge in [0.2, 0.25) is 5.09 Å². The fraction of sp³-hybridized carbons (Fsp3) is 0.250. The molecule has 0 radical (unpaired) electrons. The summed E-state index contributed by atoms with van der Waals surface area (Å²) < 4.78 is 27.1. The molecule has 0 fully saturated rings. The summed E-state index contributed by atoms with van der Waals surface area (Å²) >= 11 is 0. The van der Waals surface area contributed by atoms with Crippen molar-refractivity contribution in [3.63, 3.8) is 0 Å². The number of rotatable bonds is 6. The molecule has 0 aliphatic carbocycles. The molecule has 0 atom stereocenters. The second-order valence-electron chi connectivity index (χ2n) is 4.01. The third-order valence-electron chi connectivity index (χ3n) is 2.50. The first-order valence-electron chi connectivity index (χ1n) is 5.78. The van der Waals surface area contributed by atoms with Crippen molar-refractivity contribution in [1.82, 2.24) is 10.3 Å². The predicted molar refractivity (Wildman–Crippen MR) is 69.7 cm³/mol. The summed E-state index contributed by atoms with van der Waals surface area (Å²) in [5, 5.41) is 7.88. The van der Waals surface area contributed by atoms with Crippen molar-refractivity contribution >= 4 is 10.0 Å². The molecule has 0 amide bonds. The fourth-order valence-electron chi connectivity index (χ4n) is 1.58. The van der Waals surface area contributed by atoms with E-state index in [1.807, 2.05) is 18.2 Å². The molecule has 2 aromatic heterocycles. The maximum atomic E-state index is 11.0. The van der Waals surface area contributed by atoms with E-state index in [2.05, 4.69) is 10.3 Å². The summed E-state index contributed by atoms with van der Waals surface area (Å²) in [7, 11) is -3.76. The molecule has 2 aromatic rings. The third kappa shape index (κ3) is 4.16. The second-order valence-corrected chi connectivity index (χ2v) is 5.51. The summed E-state index contributed by atoms with van der Waals surface area (Å²) in [6.07, 6.45) is 2.55. The average molecular weight is 281 g/mol. The van der Waals surface area contributed by atoms with E-state index >= 15 is 0 Å². The molecule has 0 aromatic carbocycles. The van der Waals surface area contributed by atoms with Gasteiger partial charge in [0.05, 0.1) is 6.54 Å². The van der Waals surface area contributed by atoms with Crippen LogP contribution in [-0.2, 0) is 23.0 Å². The molecule has 3 N–H and O–H groups in total. The van der Waals surface area contributed by atoms with Crippen LogP contribution in [0.2, 0.25) is 0 Å². The molecule has 0 unspecified atom stereocenters. The van der Waals surface area contributed by atoms with E-state index in [1.54, 1.807) is 12.3 Å². The largest absolute Gasteiger partial charge is 0.447 e. The van der Waals surface area contributed by atoms with Gasteiger partial charge in [0, 0.05) is 24.9 Å². The Morgan fingerprint density at radius 2 is 2.11 bits per heavy atom. The second kappa shape index (κ2) is 5.96. The predicted octanol–water partition coefficient (Wildman–Crippen LogP) is 0.654. The Hall–Kier alpha value is -1.70. The number of hydrogen-bond donors (Lipinski definition) is 2. The van der Waals surface area contributed by atoms with Crippen molar-refractivity contribution in [3.05, 3.63) is 48.0 Å². The van der Waals surface area contributed by atoms with Crippen LogP contribution in [0.25, 0.3) is 0 Å². The molecule has 0 aliphatic rings. The third-order valence-corrected chi connectivity index (χ3v) is 3.28. The van der Waals surface area contributed by atoms with Crippen LogP contribution in [0.4, 0.5) is 0 Å². The highest BCUT2D eigenvalue weighted by molar-refractivity contribution is 7.89. The smallest absolute Gasteiger partial charge is 0.271 e. The summed E-state index contributed by atoms with van der Waals surface area (Å²) in [5.41, 5.74) is 1.000. The lowest BCUT2D eigenvalue weighted by molar-refractivity contribution is 0.403. The summed E-state index contributed by atoms with van der Waals surface area (Å²) in [5.74, 6) is 0.532. The number of primary sulfonamides is 1. The van der Waals surface area contributed by atoms with Crippen molar-refractivity contribution in [3.8, 4) is 0 Å². The molecular formula is C12H15N3O3S. The van der Waals surface area contributed by atoms with E-state index < -0.39 is 10.0 Å². The Kier molecular flexibility index (Phi) is 4.31. The first-order chi connectivity index (χ1) is 9.05. The SMILES string of the molecule is NS(=O)(=O)c1ccc(CNCCc2ccccn2)o1. The van der Waals surface area contributed by atoms with Gasteiger partial charge >= 0.3 is 0 Å². The quantitative estimate of drug-likeness (QED) is 0.758. The zero-order valence-electron chi connectivity index (χ0n) is 10.2. The van der Waals surface area contributed by atoms with Crippen LogP contribution in [0.15, 0.2) is 46.0 Å². The van der Waals surface area contributed by atoms with E-state index in [0.717, 1.165) is 18.7 Å². The standard InChI is InChI=1S/C12H15N3O3S/c13-19(16,17)12-5-4-11(18-12)9-14-8-6-10-3-1-2-7-15-10/h1-5,7,14H,6,8-9H2,(H2,13,16,17). The van der Waals surface area contributed by atoms with Gasteiger partial charge in [-0.3, -0.25) is 4.98 Å². The van der Waals surface area contributed by atoms with Crippen molar-refractivity contribution in [1.29, 1.82) is 0 Å². The van der Waals surface area contributed by atoms with Gasteiger partial charge in [-0.25, -0.2) is 13.6 Å². The van der Waals surface area contributed by atoms with Gasteiger partial charge in [0.15, 0.2) is 0 Å². The maximum absolute atomic E-state index is 11.0. The van der Waals surface area contributed by atoms with Crippen molar-refractivity contribution in [2.45, 2.75) is 18.1 Å². The zero-order valence-corrected chi connectivity index (χ0v) is 11.1. The maximum Gasteiger partial charge on any atom is 0.271 e. The van der Waals surface area contributed by atoms with Crippen LogP contribution < -0.4 is 10.5 Å². The highest BCUT2D eigenvalue weighted by atomic mass is 32.2. The van der Waals surface area contributed by atoms with Gasteiger partial charge in [0.25, 0.3) is 10.0 Å². The summed E-state index contributed by atoms with van der Waals surface area (Å²) in [6.45, 7) is 1.17. The van der Waals surface area contributed by atoms with Crippen LogP contribution in [0.5, 0.6) is 0 Å². The fourth-order valence-corrected chi connectivity index (χ4v) is 2.06. The summed E-state index contributed by atoms with van der Waals surface area (Å²) in [6, 6.07) is 8.70. The molecule has 0 saturated carbocycles. The molecule has 19 heavy (non-hydrogen) atoms. The molecule has 0 spiro atoms. The number of hydrogen-bond acceptors (Lipinski definition) is 5. The minimum Gasteiger partial charge on any atom is -0.447 e. The first kappa shape index (κ1) is 13.7. The van der Waals surface area contributed by atoms with Crippen molar-refractivity contribution in [2.75, 3.05) is 6.54 Å². The molecule has 102 valence electrons. The minimum atomic E-state index is -3.76. The van der Waals surface area contributed by atoms with Crippen molar-refractivity contribution in [2.24, 2.45) is 5.14 Å².